The van der Waals surface area contributed by atoms with E-state index in [0.717, 1.165) is 7.11 Å². The molecule has 4 nitrogen and oxygen atoms in total. The second-order valence-electron chi connectivity index (χ2n) is 3.75. The lowest BCUT2D eigenvalue weighted by Gasteiger charge is -2.12. The monoisotopic (exact) mass is 303 g/mol. The minimum absolute atomic E-state index is 0.0166. The van der Waals surface area contributed by atoms with Gasteiger partial charge in [-0.15, -0.1) is 0 Å². The number of alkyl halides is 3. The van der Waals surface area contributed by atoms with E-state index < -0.39 is 17.6 Å². The fourth-order valence-corrected chi connectivity index (χ4v) is 1.66. The molecule has 0 radical (unpaired) electrons. The van der Waals surface area contributed by atoms with Gasteiger partial charge in [0.25, 0.3) is 0 Å². The molecule has 1 N–H and O–H groups in total. The van der Waals surface area contributed by atoms with E-state index in [9.17, 15) is 13.2 Å². The molecular weight excluding hydrogens is 295 g/mol. The number of rotatable bonds is 3. The maximum atomic E-state index is 12.6. The lowest BCUT2D eigenvalue weighted by molar-refractivity contribution is -0.139. The number of aromatic nitrogens is 2. The number of methoxy groups -OCH3 is 1. The van der Waals surface area contributed by atoms with Gasteiger partial charge in [0.15, 0.2) is 0 Å². The van der Waals surface area contributed by atoms with E-state index >= 15 is 0 Å². The topological polar surface area (TPSA) is 47.0 Å². The summed E-state index contributed by atoms with van der Waals surface area (Å²) in [6.07, 6.45) is -3.90. The molecule has 0 bridgehead atoms. The first-order chi connectivity index (χ1) is 9.40. The van der Waals surface area contributed by atoms with Gasteiger partial charge in [-0.1, -0.05) is 17.7 Å². The molecule has 8 heteroatoms. The zero-order chi connectivity index (χ0) is 14.8. The molecule has 0 aliphatic heterocycles. The fourth-order valence-electron chi connectivity index (χ4n) is 1.47. The molecule has 106 valence electrons. The number of nitrogens with zero attached hydrogens (tertiary/aromatic N) is 2. The molecule has 20 heavy (non-hydrogen) atoms. The highest BCUT2D eigenvalue weighted by atomic mass is 35.5. The van der Waals surface area contributed by atoms with E-state index in [1.807, 2.05) is 0 Å². The Hall–Kier alpha value is -2.02. The van der Waals surface area contributed by atoms with Gasteiger partial charge in [-0.05, 0) is 18.2 Å². The average molecular weight is 304 g/mol. The Kier molecular flexibility index (Phi) is 3.99. The highest BCUT2D eigenvalue weighted by Gasteiger charge is 2.36. The average Bonchev–Trinajstić information content (AvgIpc) is 2.37. The third-order valence-corrected chi connectivity index (χ3v) is 2.57. The molecule has 2 aromatic rings. The number of anilines is 2. The van der Waals surface area contributed by atoms with Crippen LogP contribution in [0.2, 0.25) is 5.02 Å². The van der Waals surface area contributed by atoms with Gasteiger partial charge in [0.05, 0.1) is 7.11 Å². The normalized spacial score (nSPS) is 11.2. The summed E-state index contributed by atoms with van der Waals surface area (Å²) in [5, 5.41) is 3.22. The van der Waals surface area contributed by atoms with Crippen molar-refractivity contribution in [2.75, 3.05) is 12.4 Å². The molecule has 0 spiro atoms. The lowest BCUT2D eigenvalue weighted by Crippen LogP contribution is -2.11. The van der Waals surface area contributed by atoms with Gasteiger partial charge in [-0.3, -0.25) is 0 Å². The summed E-state index contributed by atoms with van der Waals surface area (Å²) in [4.78, 5) is 7.29. The molecule has 1 heterocycles. The number of halogens is 4. The molecule has 0 aliphatic rings. The quantitative estimate of drug-likeness (QED) is 0.934. The van der Waals surface area contributed by atoms with Crippen LogP contribution in [-0.2, 0) is 6.18 Å². The minimum atomic E-state index is -4.57. The highest BCUT2D eigenvalue weighted by Crippen LogP contribution is 2.35. The molecule has 0 amide bonds. The van der Waals surface area contributed by atoms with Gasteiger partial charge in [0, 0.05) is 16.9 Å². The van der Waals surface area contributed by atoms with Crippen LogP contribution in [0.5, 0.6) is 5.88 Å². The van der Waals surface area contributed by atoms with Crippen LogP contribution >= 0.6 is 11.6 Å². The lowest BCUT2D eigenvalue weighted by atomic mass is 10.3. The summed E-state index contributed by atoms with van der Waals surface area (Å²) in [6, 6.07) is 6.63. The molecule has 0 atom stereocenters. The van der Waals surface area contributed by atoms with Crippen LogP contribution < -0.4 is 10.1 Å². The first-order valence-corrected chi connectivity index (χ1v) is 5.79. The van der Waals surface area contributed by atoms with Crippen LogP contribution in [0.4, 0.5) is 24.8 Å². The van der Waals surface area contributed by atoms with Crippen LogP contribution in [0.1, 0.15) is 5.56 Å². The fraction of sp³-hybridized carbons (Fsp3) is 0.167. The molecule has 0 fully saturated rings. The van der Waals surface area contributed by atoms with Crippen molar-refractivity contribution >= 4 is 23.2 Å². The predicted molar refractivity (Wildman–Crippen MR) is 68.3 cm³/mol. The zero-order valence-electron chi connectivity index (χ0n) is 10.2. The first-order valence-electron chi connectivity index (χ1n) is 5.41. The van der Waals surface area contributed by atoms with Crippen LogP contribution in [0.3, 0.4) is 0 Å². The van der Waals surface area contributed by atoms with E-state index in [4.69, 9.17) is 11.6 Å². The number of benzene rings is 1. The Bertz CT molecular complexity index is 619. The van der Waals surface area contributed by atoms with Crippen molar-refractivity contribution in [2.45, 2.75) is 6.18 Å². The maximum Gasteiger partial charge on any atom is 0.423 e. The summed E-state index contributed by atoms with van der Waals surface area (Å²) < 4.78 is 42.6. The Balaban J connectivity index is 2.30. The Morgan fingerprint density at radius 2 is 2.05 bits per heavy atom. The molecule has 1 aromatic heterocycles. The molecule has 0 saturated heterocycles. The zero-order valence-corrected chi connectivity index (χ0v) is 11.0. The number of hydrogen-bond donors (Lipinski definition) is 1. The van der Waals surface area contributed by atoms with Crippen molar-refractivity contribution < 1.29 is 17.9 Å². The number of ether oxygens (including phenoxy) is 1. The Labute approximate surface area is 117 Å². The molecular formula is C12H9ClF3N3O. The van der Waals surface area contributed by atoms with Crippen molar-refractivity contribution in [3.8, 4) is 5.88 Å². The molecule has 1 aromatic carbocycles. The predicted octanol–water partition coefficient (Wildman–Crippen LogP) is 3.90. The second kappa shape index (κ2) is 5.54. The third kappa shape index (κ3) is 3.30. The van der Waals surface area contributed by atoms with Gasteiger partial charge < -0.3 is 10.1 Å². The van der Waals surface area contributed by atoms with Crippen molar-refractivity contribution in [3.63, 3.8) is 0 Å². The van der Waals surface area contributed by atoms with Crippen LogP contribution in [0.25, 0.3) is 0 Å². The standard InChI is InChI=1S/C12H9ClF3N3O/c1-20-10-9(12(14,15)16)6-17-11(19-10)18-8-4-2-3-7(13)5-8/h2-6H,1H3,(H,17,18,19). The van der Waals surface area contributed by atoms with E-state index in [2.05, 4.69) is 20.0 Å². The Morgan fingerprint density at radius 3 is 2.65 bits per heavy atom. The van der Waals surface area contributed by atoms with E-state index in [0.29, 0.717) is 16.9 Å². The van der Waals surface area contributed by atoms with Gasteiger partial charge >= 0.3 is 6.18 Å². The highest BCUT2D eigenvalue weighted by molar-refractivity contribution is 6.30. The molecule has 0 unspecified atom stereocenters. The van der Waals surface area contributed by atoms with Crippen LogP contribution in [0, 0.1) is 0 Å². The van der Waals surface area contributed by atoms with E-state index in [1.54, 1.807) is 24.3 Å². The van der Waals surface area contributed by atoms with Gasteiger partial charge in [-0.2, -0.15) is 18.2 Å². The maximum absolute atomic E-state index is 12.6. The SMILES string of the molecule is COc1nc(Nc2cccc(Cl)c2)ncc1C(F)(F)F. The first kappa shape index (κ1) is 14.4. The van der Waals surface area contributed by atoms with Crippen molar-refractivity contribution in [1.29, 1.82) is 0 Å². The smallest absolute Gasteiger partial charge is 0.423 e. The largest absolute Gasteiger partial charge is 0.480 e. The van der Waals surface area contributed by atoms with Gasteiger partial charge in [0.2, 0.25) is 11.8 Å². The van der Waals surface area contributed by atoms with E-state index in [1.165, 1.54) is 0 Å². The van der Waals surface area contributed by atoms with Gasteiger partial charge in [0.1, 0.15) is 5.56 Å². The number of nitrogens with one attached hydrogen (secondary N) is 1. The number of hydrogen-bond acceptors (Lipinski definition) is 4. The van der Waals surface area contributed by atoms with Crippen molar-refractivity contribution in [2.24, 2.45) is 0 Å². The molecule has 0 aliphatic carbocycles. The van der Waals surface area contributed by atoms with Crippen molar-refractivity contribution in [1.82, 2.24) is 9.97 Å². The van der Waals surface area contributed by atoms with Gasteiger partial charge in [-0.25, -0.2) is 4.98 Å². The third-order valence-electron chi connectivity index (χ3n) is 2.33. The second-order valence-corrected chi connectivity index (χ2v) is 4.19. The minimum Gasteiger partial charge on any atom is -0.480 e. The van der Waals surface area contributed by atoms with Crippen LogP contribution in [-0.4, -0.2) is 17.1 Å². The Morgan fingerprint density at radius 1 is 1.30 bits per heavy atom. The van der Waals surface area contributed by atoms with Crippen molar-refractivity contribution in [3.05, 3.63) is 41.0 Å². The summed E-state index contributed by atoms with van der Waals surface area (Å²) in [5.74, 6) is -0.561. The summed E-state index contributed by atoms with van der Waals surface area (Å²) in [6.45, 7) is 0. The molecule has 2 rings (SSSR count). The van der Waals surface area contributed by atoms with E-state index in [-0.39, 0.29) is 5.95 Å². The summed E-state index contributed by atoms with van der Waals surface area (Å²) >= 11 is 5.80. The summed E-state index contributed by atoms with van der Waals surface area (Å²) in [5.41, 5.74) is -0.476. The molecule has 0 saturated carbocycles. The van der Waals surface area contributed by atoms with Crippen LogP contribution in [0.15, 0.2) is 30.5 Å². The summed E-state index contributed by atoms with van der Waals surface area (Å²) in [7, 11) is 1.11.